The number of nitrogens with one attached hydrogen (secondary N) is 1. The van der Waals surface area contributed by atoms with Crippen LogP contribution in [0.3, 0.4) is 0 Å². The summed E-state index contributed by atoms with van der Waals surface area (Å²) >= 11 is 0. The average molecular weight is 288 g/mol. The Kier molecular flexibility index (Phi) is 4.86. The van der Waals surface area contributed by atoms with Gasteiger partial charge >= 0.3 is 0 Å². The molecule has 0 aliphatic heterocycles. The van der Waals surface area contributed by atoms with E-state index in [1.165, 1.54) is 22.6 Å². The lowest BCUT2D eigenvalue weighted by atomic mass is 10.1. The van der Waals surface area contributed by atoms with Crippen molar-refractivity contribution in [3.05, 3.63) is 18.3 Å². The van der Waals surface area contributed by atoms with Gasteiger partial charge in [0.1, 0.15) is 4.90 Å². The van der Waals surface area contributed by atoms with Gasteiger partial charge in [-0.1, -0.05) is 6.92 Å². The molecule has 0 radical (unpaired) electrons. The van der Waals surface area contributed by atoms with Crippen LogP contribution in [0.2, 0.25) is 0 Å². The van der Waals surface area contributed by atoms with Crippen molar-refractivity contribution in [2.45, 2.75) is 31.3 Å². The highest BCUT2D eigenvalue weighted by atomic mass is 32.2. The minimum Gasteiger partial charge on any atom is -0.389 e. The maximum absolute atomic E-state index is 12.5. The zero-order valence-electron chi connectivity index (χ0n) is 11.3. The summed E-state index contributed by atoms with van der Waals surface area (Å²) in [6.07, 6.45) is 1.44. The first-order chi connectivity index (χ1) is 8.72. The van der Waals surface area contributed by atoms with Gasteiger partial charge in [0.15, 0.2) is 5.82 Å². The number of hydrazine groups is 1. The number of hydrogen-bond acceptors (Lipinski definition) is 6. The first-order valence-corrected chi connectivity index (χ1v) is 7.30. The van der Waals surface area contributed by atoms with E-state index in [-0.39, 0.29) is 23.8 Å². The average Bonchev–Trinajstić information content (AvgIpc) is 2.34. The lowest BCUT2D eigenvalue weighted by molar-refractivity contribution is 0.0601. The molecule has 0 fully saturated rings. The SMILES string of the molecule is CCN(CC(C)(C)O)S(=O)(=O)c1cccnc1NN. The zero-order valence-corrected chi connectivity index (χ0v) is 12.1. The van der Waals surface area contributed by atoms with Crippen LogP contribution in [0.5, 0.6) is 0 Å². The summed E-state index contributed by atoms with van der Waals surface area (Å²) in [6, 6.07) is 2.94. The van der Waals surface area contributed by atoms with Crippen molar-refractivity contribution < 1.29 is 13.5 Å². The fourth-order valence-electron chi connectivity index (χ4n) is 1.64. The summed E-state index contributed by atoms with van der Waals surface area (Å²) in [7, 11) is -3.76. The minimum atomic E-state index is -3.76. The molecular formula is C11H20N4O3S. The van der Waals surface area contributed by atoms with Gasteiger partial charge in [0.25, 0.3) is 0 Å². The van der Waals surface area contributed by atoms with Crippen LogP contribution in [-0.4, -0.2) is 41.5 Å². The molecule has 0 atom stereocenters. The van der Waals surface area contributed by atoms with Crippen molar-refractivity contribution in [1.82, 2.24) is 9.29 Å². The molecule has 0 saturated heterocycles. The third kappa shape index (κ3) is 3.87. The van der Waals surface area contributed by atoms with E-state index in [0.29, 0.717) is 0 Å². The highest BCUT2D eigenvalue weighted by Gasteiger charge is 2.30. The van der Waals surface area contributed by atoms with Crippen molar-refractivity contribution in [2.75, 3.05) is 18.5 Å². The first kappa shape index (κ1) is 15.8. The Balaban J connectivity index is 3.21. The number of anilines is 1. The number of aromatic nitrogens is 1. The van der Waals surface area contributed by atoms with E-state index in [2.05, 4.69) is 10.4 Å². The van der Waals surface area contributed by atoms with Crippen LogP contribution in [0.4, 0.5) is 5.82 Å². The maximum atomic E-state index is 12.5. The van der Waals surface area contributed by atoms with Crippen LogP contribution < -0.4 is 11.3 Å². The van der Waals surface area contributed by atoms with Gasteiger partial charge in [-0.05, 0) is 26.0 Å². The molecule has 7 nitrogen and oxygen atoms in total. The highest BCUT2D eigenvalue weighted by molar-refractivity contribution is 7.89. The van der Waals surface area contributed by atoms with E-state index in [9.17, 15) is 13.5 Å². The molecule has 1 heterocycles. The van der Waals surface area contributed by atoms with Crippen LogP contribution in [0.25, 0.3) is 0 Å². The van der Waals surface area contributed by atoms with Gasteiger partial charge in [-0.15, -0.1) is 0 Å². The predicted octanol–water partition coefficient (Wildman–Crippen LogP) is 0.149. The van der Waals surface area contributed by atoms with Gasteiger partial charge in [0.2, 0.25) is 10.0 Å². The van der Waals surface area contributed by atoms with Crippen molar-refractivity contribution in [2.24, 2.45) is 5.84 Å². The monoisotopic (exact) mass is 288 g/mol. The molecular weight excluding hydrogens is 268 g/mol. The largest absolute Gasteiger partial charge is 0.389 e. The van der Waals surface area contributed by atoms with Gasteiger partial charge in [-0.2, -0.15) is 4.31 Å². The number of hydrogen-bond donors (Lipinski definition) is 3. The Morgan fingerprint density at radius 3 is 2.63 bits per heavy atom. The summed E-state index contributed by atoms with van der Waals surface area (Å²) in [5, 5.41) is 9.79. The summed E-state index contributed by atoms with van der Waals surface area (Å²) in [4.78, 5) is 3.86. The van der Waals surface area contributed by atoms with Crippen LogP contribution in [0.1, 0.15) is 20.8 Å². The molecule has 0 amide bonds. The fraction of sp³-hybridized carbons (Fsp3) is 0.545. The Labute approximate surface area is 113 Å². The summed E-state index contributed by atoms with van der Waals surface area (Å²) in [5.41, 5.74) is 1.14. The van der Waals surface area contributed by atoms with E-state index in [1.54, 1.807) is 20.8 Å². The lowest BCUT2D eigenvalue weighted by Crippen LogP contribution is -2.42. The van der Waals surface area contributed by atoms with Crippen LogP contribution in [-0.2, 0) is 10.0 Å². The molecule has 1 aromatic heterocycles. The molecule has 8 heteroatoms. The number of sulfonamides is 1. The molecule has 0 aliphatic carbocycles. The quantitative estimate of drug-likeness (QED) is 0.508. The second kappa shape index (κ2) is 5.83. The summed E-state index contributed by atoms with van der Waals surface area (Å²) < 4.78 is 26.2. The number of aliphatic hydroxyl groups is 1. The van der Waals surface area contributed by atoms with Gasteiger partial charge < -0.3 is 10.5 Å². The molecule has 108 valence electrons. The van der Waals surface area contributed by atoms with Crippen LogP contribution in [0.15, 0.2) is 23.2 Å². The molecule has 0 bridgehead atoms. The van der Waals surface area contributed by atoms with Gasteiger partial charge in [-0.3, -0.25) is 0 Å². The Morgan fingerprint density at radius 1 is 1.53 bits per heavy atom. The molecule has 0 unspecified atom stereocenters. The number of likely N-dealkylation sites (N-methyl/N-ethyl adjacent to an activating group) is 1. The van der Waals surface area contributed by atoms with E-state index < -0.39 is 15.6 Å². The molecule has 4 N–H and O–H groups in total. The fourth-order valence-corrected chi connectivity index (χ4v) is 3.35. The minimum absolute atomic E-state index is 0.00919. The normalized spacial score (nSPS) is 12.7. The molecule has 0 spiro atoms. The van der Waals surface area contributed by atoms with Crippen molar-refractivity contribution in [3.8, 4) is 0 Å². The number of nitrogen functional groups attached to an aromatic ring is 1. The number of pyridine rings is 1. The van der Waals surface area contributed by atoms with Crippen LogP contribution >= 0.6 is 0 Å². The second-order valence-corrected chi connectivity index (χ2v) is 6.64. The zero-order chi connectivity index (χ0) is 14.7. The Hall–Kier alpha value is -1.22. The maximum Gasteiger partial charge on any atom is 0.246 e. The third-order valence-corrected chi connectivity index (χ3v) is 4.39. The van der Waals surface area contributed by atoms with E-state index in [1.807, 2.05) is 0 Å². The lowest BCUT2D eigenvalue weighted by Gasteiger charge is -2.27. The van der Waals surface area contributed by atoms with Gasteiger partial charge in [0, 0.05) is 19.3 Å². The van der Waals surface area contributed by atoms with Crippen molar-refractivity contribution in [3.63, 3.8) is 0 Å². The number of nitrogens with two attached hydrogens (primary N) is 1. The van der Waals surface area contributed by atoms with E-state index in [0.717, 1.165) is 0 Å². The Bertz CT molecular complexity index is 525. The smallest absolute Gasteiger partial charge is 0.246 e. The van der Waals surface area contributed by atoms with Gasteiger partial charge in [-0.25, -0.2) is 19.2 Å². The molecule has 0 saturated carbocycles. The predicted molar refractivity (Wildman–Crippen MR) is 72.8 cm³/mol. The van der Waals surface area contributed by atoms with E-state index >= 15 is 0 Å². The van der Waals surface area contributed by atoms with Crippen LogP contribution in [0, 0.1) is 0 Å². The summed E-state index contributed by atoms with van der Waals surface area (Å²) in [6.45, 7) is 5.04. The molecule has 1 aromatic rings. The molecule has 1 rings (SSSR count). The van der Waals surface area contributed by atoms with Gasteiger partial charge in [0.05, 0.1) is 5.60 Å². The first-order valence-electron chi connectivity index (χ1n) is 5.86. The van der Waals surface area contributed by atoms with Crippen molar-refractivity contribution >= 4 is 15.8 Å². The molecule has 0 aliphatic rings. The number of rotatable bonds is 6. The topological polar surface area (TPSA) is 109 Å². The number of nitrogens with zero attached hydrogens (tertiary/aromatic N) is 2. The molecule has 19 heavy (non-hydrogen) atoms. The standard InChI is InChI=1S/C11H20N4O3S/c1-4-15(8-11(2,3)16)19(17,18)9-6-5-7-13-10(9)14-12/h5-7,16H,4,8,12H2,1-3H3,(H,13,14). The summed E-state index contributed by atoms with van der Waals surface area (Å²) in [5.74, 6) is 5.35. The van der Waals surface area contributed by atoms with E-state index in [4.69, 9.17) is 5.84 Å². The molecule has 0 aromatic carbocycles. The second-order valence-electron chi connectivity index (χ2n) is 4.74. The third-order valence-electron chi connectivity index (χ3n) is 2.44. The van der Waals surface area contributed by atoms with Crippen molar-refractivity contribution in [1.29, 1.82) is 0 Å². The highest BCUT2D eigenvalue weighted by Crippen LogP contribution is 2.22. The Morgan fingerprint density at radius 2 is 2.16 bits per heavy atom.